The maximum atomic E-state index is 12.9. The molecule has 3 atom stereocenters. The Morgan fingerprint density at radius 3 is 3.18 bits per heavy atom. The molecule has 0 unspecified atom stereocenters. The van der Waals surface area contributed by atoms with E-state index in [2.05, 4.69) is 4.98 Å². The highest BCUT2D eigenvalue weighted by atomic mass is 16.5. The number of methoxy groups -OCH3 is 1. The van der Waals surface area contributed by atoms with Crippen molar-refractivity contribution in [3.63, 3.8) is 0 Å². The number of hydrogen-bond donors (Lipinski definition) is 0. The molecule has 2 aliphatic heterocycles. The van der Waals surface area contributed by atoms with Crippen LogP contribution >= 0.6 is 0 Å². The predicted molar refractivity (Wildman–Crippen MR) is 80.0 cm³/mol. The van der Waals surface area contributed by atoms with Gasteiger partial charge in [-0.25, -0.2) is 4.98 Å². The van der Waals surface area contributed by atoms with Gasteiger partial charge in [0.15, 0.2) is 0 Å². The zero-order chi connectivity index (χ0) is 15.5. The lowest BCUT2D eigenvalue weighted by Crippen LogP contribution is -2.44. The van der Waals surface area contributed by atoms with Crippen molar-refractivity contribution in [1.29, 1.82) is 0 Å². The van der Waals surface area contributed by atoms with Gasteiger partial charge in [0.2, 0.25) is 5.88 Å². The largest absolute Gasteiger partial charge is 0.480 e. The molecule has 22 heavy (non-hydrogen) atoms. The molecule has 6 heteroatoms. The minimum atomic E-state index is -0.0624. The lowest BCUT2D eigenvalue weighted by molar-refractivity contribution is -0.0737. The predicted octanol–water partition coefficient (Wildman–Crippen LogP) is 1.50. The van der Waals surface area contributed by atoms with Crippen LogP contribution in [0, 0.1) is 0 Å². The summed E-state index contributed by atoms with van der Waals surface area (Å²) in [6, 6.07) is 3.57. The van der Waals surface area contributed by atoms with Crippen molar-refractivity contribution in [1.82, 2.24) is 9.88 Å². The van der Waals surface area contributed by atoms with Crippen molar-refractivity contribution >= 4 is 5.91 Å². The highest BCUT2D eigenvalue weighted by molar-refractivity contribution is 5.96. The van der Waals surface area contributed by atoms with Crippen LogP contribution in [0.1, 0.15) is 30.1 Å². The molecular formula is C16H22N2O4. The maximum Gasteiger partial charge on any atom is 0.259 e. The molecule has 0 radical (unpaired) electrons. The first-order chi connectivity index (χ1) is 10.8. The number of ether oxygens (including phenoxy) is 3. The molecule has 0 saturated carbocycles. The quantitative estimate of drug-likeness (QED) is 0.843. The second-order valence-corrected chi connectivity index (χ2v) is 5.56. The summed E-state index contributed by atoms with van der Waals surface area (Å²) in [5.74, 6) is 0.299. The Hall–Kier alpha value is -1.66. The first kappa shape index (κ1) is 15.2. The molecule has 2 aliphatic rings. The van der Waals surface area contributed by atoms with Crippen molar-refractivity contribution in [2.75, 3.05) is 26.9 Å². The standard InChI is InChI=1S/C16H22N2O4/c1-3-21-13-10-18(12-7-5-9-22-14(12)13)16(19)11-6-4-8-17-15(11)20-2/h4,6,8,12-14H,3,5,7,9-10H2,1-2H3/t12-,13+,14+/m1/s1. The Balaban J connectivity index is 1.85. The van der Waals surface area contributed by atoms with Crippen molar-refractivity contribution in [3.8, 4) is 5.88 Å². The Kier molecular flexibility index (Phi) is 4.59. The molecular weight excluding hydrogens is 284 g/mol. The highest BCUT2D eigenvalue weighted by Gasteiger charge is 2.47. The molecule has 120 valence electrons. The van der Waals surface area contributed by atoms with E-state index in [0.29, 0.717) is 24.6 Å². The molecule has 1 aromatic heterocycles. The number of rotatable bonds is 4. The van der Waals surface area contributed by atoms with Gasteiger partial charge >= 0.3 is 0 Å². The molecule has 2 saturated heterocycles. The second-order valence-electron chi connectivity index (χ2n) is 5.56. The molecule has 0 aliphatic carbocycles. The SMILES string of the molecule is CCO[C@H]1CN(C(=O)c2cccnc2OC)[C@@H]2CCCO[C@H]12. The van der Waals surface area contributed by atoms with Crippen LogP contribution in [-0.4, -0.2) is 60.9 Å². The van der Waals surface area contributed by atoms with Gasteiger partial charge in [-0.15, -0.1) is 0 Å². The highest BCUT2D eigenvalue weighted by Crippen LogP contribution is 2.32. The van der Waals surface area contributed by atoms with Crippen LogP contribution in [0.25, 0.3) is 0 Å². The Labute approximate surface area is 130 Å². The summed E-state index contributed by atoms with van der Waals surface area (Å²) in [7, 11) is 1.53. The molecule has 1 aromatic rings. The third-order valence-corrected chi connectivity index (χ3v) is 4.31. The summed E-state index contributed by atoms with van der Waals surface area (Å²) in [5.41, 5.74) is 0.492. The van der Waals surface area contributed by atoms with Crippen LogP contribution in [0.2, 0.25) is 0 Å². The second kappa shape index (κ2) is 6.62. The number of carbonyl (C=O) groups is 1. The van der Waals surface area contributed by atoms with Crippen LogP contribution in [0.15, 0.2) is 18.3 Å². The average molecular weight is 306 g/mol. The van der Waals surface area contributed by atoms with Gasteiger partial charge in [0.05, 0.1) is 19.7 Å². The summed E-state index contributed by atoms with van der Waals surface area (Å²) in [5, 5.41) is 0. The first-order valence-corrected chi connectivity index (χ1v) is 7.79. The Morgan fingerprint density at radius 1 is 1.55 bits per heavy atom. The van der Waals surface area contributed by atoms with E-state index in [0.717, 1.165) is 19.4 Å². The van der Waals surface area contributed by atoms with Crippen LogP contribution < -0.4 is 4.74 Å². The number of carbonyl (C=O) groups excluding carboxylic acids is 1. The lowest BCUT2D eigenvalue weighted by Gasteiger charge is -2.32. The van der Waals surface area contributed by atoms with Crippen molar-refractivity contribution in [2.45, 2.75) is 38.0 Å². The van der Waals surface area contributed by atoms with E-state index in [4.69, 9.17) is 14.2 Å². The van der Waals surface area contributed by atoms with E-state index in [1.54, 1.807) is 18.3 Å². The zero-order valence-corrected chi connectivity index (χ0v) is 13.0. The maximum absolute atomic E-state index is 12.9. The van der Waals surface area contributed by atoms with Gasteiger partial charge < -0.3 is 19.1 Å². The van der Waals surface area contributed by atoms with Crippen molar-refractivity contribution < 1.29 is 19.0 Å². The number of amides is 1. The molecule has 0 spiro atoms. The minimum Gasteiger partial charge on any atom is -0.480 e. The fourth-order valence-electron chi connectivity index (χ4n) is 3.37. The van der Waals surface area contributed by atoms with Gasteiger partial charge in [0.1, 0.15) is 17.8 Å². The summed E-state index contributed by atoms with van der Waals surface area (Å²) in [4.78, 5) is 18.9. The fourth-order valence-corrected chi connectivity index (χ4v) is 3.37. The number of hydrogen-bond acceptors (Lipinski definition) is 5. The first-order valence-electron chi connectivity index (χ1n) is 7.79. The Bertz CT molecular complexity index is 537. The topological polar surface area (TPSA) is 60.9 Å². The molecule has 3 rings (SSSR count). The van der Waals surface area contributed by atoms with E-state index in [1.807, 2.05) is 11.8 Å². The van der Waals surface area contributed by atoms with E-state index >= 15 is 0 Å². The van der Waals surface area contributed by atoms with Gasteiger partial charge in [-0.3, -0.25) is 4.79 Å². The normalized spacial score (nSPS) is 27.5. The van der Waals surface area contributed by atoms with Gasteiger partial charge in [0.25, 0.3) is 5.91 Å². The average Bonchev–Trinajstić information content (AvgIpc) is 2.93. The number of nitrogens with zero attached hydrogens (tertiary/aromatic N) is 2. The number of aromatic nitrogens is 1. The van der Waals surface area contributed by atoms with Gasteiger partial charge in [-0.05, 0) is 31.9 Å². The van der Waals surface area contributed by atoms with Gasteiger partial charge in [0, 0.05) is 19.4 Å². The van der Waals surface area contributed by atoms with Gasteiger partial charge in [-0.2, -0.15) is 0 Å². The Morgan fingerprint density at radius 2 is 2.41 bits per heavy atom. The smallest absolute Gasteiger partial charge is 0.259 e. The van der Waals surface area contributed by atoms with E-state index in [9.17, 15) is 4.79 Å². The third kappa shape index (κ3) is 2.68. The molecule has 1 amide bonds. The number of likely N-dealkylation sites (tertiary alicyclic amines) is 1. The van der Waals surface area contributed by atoms with E-state index < -0.39 is 0 Å². The lowest BCUT2D eigenvalue weighted by atomic mass is 10.0. The van der Waals surface area contributed by atoms with Crippen LogP contribution in [-0.2, 0) is 9.47 Å². The monoisotopic (exact) mass is 306 g/mol. The minimum absolute atomic E-state index is 0.0275. The fraction of sp³-hybridized carbons (Fsp3) is 0.625. The van der Waals surface area contributed by atoms with Crippen molar-refractivity contribution in [3.05, 3.63) is 23.9 Å². The van der Waals surface area contributed by atoms with Crippen LogP contribution in [0.4, 0.5) is 0 Å². The summed E-state index contributed by atoms with van der Waals surface area (Å²) >= 11 is 0. The molecule has 0 bridgehead atoms. The number of pyridine rings is 1. The van der Waals surface area contributed by atoms with Crippen molar-refractivity contribution in [2.24, 2.45) is 0 Å². The molecule has 0 aromatic carbocycles. The molecule has 2 fully saturated rings. The molecule has 3 heterocycles. The summed E-state index contributed by atoms with van der Waals surface area (Å²) < 4.78 is 16.9. The summed E-state index contributed by atoms with van der Waals surface area (Å²) in [6.45, 7) is 3.88. The zero-order valence-electron chi connectivity index (χ0n) is 13.0. The van der Waals surface area contributed by atoms with E-state index in [1.165, 1.54) is 7.11 Å². The van der Waals surface area contributed by atoms with Crippen LogP contribution in [0.3, 0.4) is 0 Å². The summed E-state index contributed by atoms with van der Waals surface area (Å²) in [6.07, 6.45) is 3.45. The van der Waals surface area contributed by atoms with E-state index in [-0.39, 0.29) is 24.2 Å². The molecule has 0 N–H and O–H groups in total. The third-order valence-electron chi connectivity index (χ3n) is 4.31. The van der Waals surface area contributed by atoms with Crippen LogP contribution in [0.5, 0.6) is 5.88 Å². The number of fused-ring (bicyclic) bond motifs is 1. The van der Waals surface area contributed by atoms with Gasteiger partial charge in [-0.1, -0.05) is 0 Å². The molecule has 6 nitrogen and oxygen atoms in total.